The van der Waals surface area contributed by atoms with Crippen LogP contribution in [0.3, 0.4) is 0 Å². The lowest BCUT2D eigenvalue weighted by atomic mass is 10.0. The van der Waals surface area contributed by atoms with Crippen LogP contribution in [0.25, 0.3) is 0 Å². The standard InChI is InChI=1S/C12H27N3O3S/c1-2-8-18-9-4-6-14-19(16,17)15-7-3-5-12(10-13)11-15/h12,14H,2-11,13H2,1H3. The number of nitrogens with zero attached hydrogens (tertiary/aromatic N) is 1. The monoisotopic (exact) mass is 293 g/mol. The predicted octanol–water partition coefficient (Wildman–Crippen LogP) is 0.308. The van der Waals surface area contributed by atoms with Gasteiger partial charge in [0.15, 0.2) is 0 Å². The summed E-state index contributed by atoms with van der Waals surface area (Å²) in [7, 11) is -3.35. The van der Waals surface area contributed by atoms with Crippen LogP contribution in [0.5, 0.6) is 0 Å². The van der Waals surface area contributed by atoms with Gasteiger partial charge in [-0.2, -0.15) is 12.7 Å². The van der Waals surface area contributed by atoms with Gasteiger partial charge >= 0.3 is 0 Å². The van der Waals surface area contributed by atoms with E-state index in [0.717, 1.165) is 25.9 Å². The lowest BCUT2D eigenvalue weighted by Gasteiger charge is -2.31. The van der Waals surface area contributed by atoms with Crippen LogP contribution in [0.4, 0.5) is 0 Å². The summed E-state index contributed by atoms with van der Waals surface area (Å²) < 4.78 is 33.6. The van der Waals surface area contributed by atoms with Crippen molar-refractivity contribution in [3.63, 3.8) is 0 Å². The molecule has 1 fully saturated rings. The molecule has 1 rings (SSSR count). The van der Waals surface area contributed by atoms with E-state index in [2.05, 4.69) is 4.72 Å². The number of hydrogen-bond donors (Lipinski definition) is 2. The lowest BCUT2D eigenvalue weighted by Crippen LogP contribution is -2.47. The molecule has 1 aliphatic heterocycles. The van der Waals surface area contributed by atoms with E-state index in [0.29, 0.717) is 45.1 Å². The third-order valence-corrected chi connectivity index (χ3v) is 4.83. The van der Waals surface area contributed by atoms with Crippen molar-refractivity contribution in [2.24, 2.45) is 11.7 Å². The Kier molecular flexibility index (Phi) is 7.86. The number of hydrogen-bond acceptors (Lipinski definition) is 4. The number of rotatable bonds is 9. The first-order valence-corrected chi connectivity index (χ1v) is 8.56. The van der Waals surface area contributed by atoms with Crippen LogP contribution >= 0.6 is 0 Å². The van der Waals surface area contributed by atoms with E-state index < -0.39 is 10.2 Å². The van der Waals surface area contributed by atoms with Crippen LogP contribution in [0.15, 0.2) is 0 Å². The molecule has 3 N–H and O–H groups in total. The van der Waals surface area contributed by atoms with Crippen LogP contribution in [0, 0.1) is 5.92 Å². The molecule has 0 saturated carbocycles. The molecule has 1 atom stereocenters. The van der Waals surface area contributed by atoms with Crippen molar-refractivity contribution in [3.8, 4) is 0 Å². The first-order chi connectivity index (χ1) is 9.10. The maximum Gasteiger partial charge on any atom is 0.279 e. The number of nitrogens with one attached hydrogen (secondary N) is 1. The minimum atomic E-state index is -3.35. The van der Waals surface area contributed by atoms with Gasteiger partial charge in [0.2, 0.25) is 0 Å². The van der Waals surface area contributed by atoms with Gasteiger partial charge in [-0.25, -0.2) is 4.72 Å². The molecule has 7 heteroatoms. The van der Waals surface area contributed by atoms with Gasteiger partial charge in [0.25, 0.3) is 10.2 Å². The van der Waals surface area contributed by atoms with Crippen molar-refractivity contribution >= 4 is 10.2 Å². The summed E-state index contributed by atoms with van der Waals surface area (Å²) in [5, 5.41) is 0. The van der Waals surface area contributed by atoms with Crippen LogP contribution in [-0.4, -0.2) is 52.1 Å². The molecule has 6 nitrogen and oxygen atoms in total. The Hall–Kier alpha value is -0.210. The Balaban J connectivity index is 2.26. The predicted molar refractivity (Wildman–Crippen MR) is 76.0 cm³/mol. The normalized spacial score (nSPS) is 21.7. The highest BCUT2D eigenvalue weighted by Crippen LogP contribution is 2.17. The van der Waals surface area contributed by atoms with Gasteiger partial charge in [0, 0.05) is 32.8 Å². The second kappa shape index (κ2) is 8.86. The molecular weight excluding hydrogens is 266 g/mol. The Morgan fingerprint density at radius 1 is 1.42 bits per heavy atom. The zero-order valence-corrected chi connectivity index (χ0v) is 12.6. The molecule has 114 valence electrons. The van der Waals surface area contributed by atoms with Gasteiger partial charge in [0.05, 0.1) is 0 Å². The highest BCUT2D eigenvalue weighted by Gasteiger charge is 2.27. The molecule has 0 radical (unpaired) electrons. The third kappa shape index (κ3) is 6.18. The number of nitrogens with two attached hydrogens (primary N) is 1. The van der Waals surface area contributed by atoms with Crippen LogP contribution < -0.4 is 10.5 Å². The average Bonchev–Trinajstić information content (AvgIpc) is 2.43. The zero-order valence-electron chi connectivity index (χ0n) is 11.8. The highest BCUT2D eigenvalue weighted by atomic mass is 32.2. The summed E-state index contributed by atoms with van der Waals surface area (Å²) in [5.74, 6) is 0.290. The molecule has 0 aromatic rings. The van der Waals surface area contributed by atoms with Crippen molar-refractivity contribution in [1.29, 1.82) is 0 Å². The molecule has 0 aliphatic carbocycles. The first-order valence-electron chi connectivity index (χ1n) is 7.12. The molecule has 0 bridgehead atoms. The molecule has 1 aliphatic rings. The Morgan fingerprint density at radius 3 is 2.89 bits per heavy atom. The highest BCUT2D eigenvalue weighted by molar-refractivity contribution is 7.87. The summed E-state index contributed by atoms with van der Waals surface area (Å²) in [5.41, 5.74) is 5.62. The Labute approximate surface area is 116 Å². The fourth-order valence-corrected chi connectivity index (χ4v) is 3.51. The summed E-state index contributed by atoms with van der Waals surface area (Å²) in [4.78, 5) is 0. The van der Waals surface area contributed by atoms with Crippen LogP contribution in [-0.2, 0) is 14.9 Å². The maximum atomic E-state index is 12.1. The van der Waals surface area contributed by atoms with E-state index in [1.54, 1.807) is 0 Å². The quantitative estimate of drug-likeness (QED) is 0.599. The van der Waals surface area contributed by atoms with Gasteiger partial charge in [0.1, 0.15) is 0 Å². The largest absolute Gasteiger partial charge is 0.381 e. The second-order valence-corrected chi connectivity index (χ2v) is 6.72. The van der Waals surface area contributed by atoms with E-state index in [1.807, 2.05) is 6.92 Å². The van der Waals surface area contributed by atoms with Gasteiger partial charge < -0.3 is 10.5 Å². The Morgan fingerprint density at radius 2 is 2.21 bits per heavy atom. The van der Waals surface area contributed by atoms with Gasteiger partial charge in [-0.05, 0) is 38.1 Å². The van der Waals surface area contributed by atoms with E-state index in [1.165, 1.54) is 4.31 Å². The van der Waals surface area contributed by atoms with Crippen molar-refractivity contribution in [1.82, 2.24) is 9.03 Å². The van der Waals surface area contributed by atoms with Crippen LogP contribution in [0.2, 0.25) is 0 Å². The van der Waals surface area contributed by atoms with E-state index in [-0.39, 0.29) is 0 Å². The molecule has 0 amide bonds. The summed E-state index contributed by atoms with van der Waals surface area (Å²) in [6.45, 7) is 5.49. The zero-order chi connectivity index (χ0) is 14.1. The first kappa shape index (κ1) is 16.8. The van der Waals surface area contributed by atoms with E-state index in [9.17, 15) is 8.42 Å². The van der Waals surface area contributed by atoms with Crippen molar-refractivity contribution in [3.05, 3.63) is 0 Å². The average molecular weight is 293 g/mol. The fourth-order valence-electron chi connectivity index (χ4n) is 2.15. The third-order valence-electron chi connectivity index (χ3n) is 3.25. The van der Waals surface area contributed by atoms with Crippen molar-refractivity contribution in [2.75, 3.05) is 39.4 Å². The summed E-state index contributed by atoms with van der Waals surface area (Å²) in [6.07, 6.45) is 3.60. The molecular formula is C12H27N3O3S. The minimum Gasteiger partial charge on any atom is -0.381 e. The minimum absolute atomic E-state index is 0.290. The topological polar surface area (TPSA) is 84.7 Å². The molecule has 1 unspecified atom stereocenters. The number of ether oxygens (including phenoxy) is 1. The molecule has 19 heavy (non-hydrogen) atoms. The lowest BCUT2D eigenvalue weighted by molar-refractivity contribution is 0.133. The van der Waals surface area contributed by atoms with Crippen molar-refractivity contribution in [2.45, 2.75) is 32.6 Å². The maximum absolute atomic E-state index is 12.1. The summed E-state index contributed by atoms with van der Waals surface area (Å²) >= 11 is 0. The van der Waals surface area contributed by atoms with E-state index >= 15 is 0 Å². The van der Waals surface area contributed by atoms with Crippen molar-refractivity contribution < 1.29 is 13.2 Å². The molecule has 0 aromatic carbocycles. The van der Waals surface area contributed by atoms with Gasteiger partial charge in [-0.15, -0.1) is 0 Å². The smallest absolute Gasteiger partial charge is 0.279 e. The van der Waals surface area contributed by atoms with Gasteiger partial charge in [-0.1, -0.05) is 6.92 Å². The fraction of sp³-hybridized carbons (Fsp3) is 1.00. The molecule has 1 saturated heterocycles. The SMILES string of the molecule is CCCOCCCNS(=O)(=O)N1CCCC(CN)C1. The molecule has 1 heterocycles. The molecule has 0 spiro atoms. The second-order valence-electron chi connectivity index (χ2n) is 4.97. The number of piperidine rings is 1. The summed E-state index contributed by atoms with van der Waals surface area (Å²) in [6, 6.07) is 0. The Bertz CT molecular complexity index is 335. The van der Waals surface area contributed by atoms with Crippen LogP contribution in [0.1, 0.15) is 32.6 Å². The molecule has 0 aromatic heterocycles. The van der Waals surface area contributed by atoms with Gasteiger partial charge in [-0.3, -0.25) is 0 Å². The van der Waals surface area contributed by atoms with E-state index in [4.69, 9.17) is 10.5 Å².